The van der Waals surface area contributed by atoms with Crippen LogP contribution in [0.15, 0.2) is 18.5 Å². The maximum absolute atomic E-state index is 12.2. The lowest BCUT2D eigenvalue weighted by atomic mass is 10.1. The number of ether oxygens (including phenoxy) is 1. The molecule has 0 aliphatic carbocycles. The Bertz CT molecular complexity index is 431. The maximum atomic E-state index is 12.2. The maximum Gasteiger partial charge on any atom is 0.471 e. The molecule has 2 heterocycles. The number of nitrogens with zero attached hydrogens (tertiary/aromatic N) is 3. The molecule has 0 bridgehead atoms. The fourth-order valence-electron chi connectivity index (χ4n) is 1.85. The molecule has 0 radical (unpaired) electrons. The minimum absolute atomic E-state index is 0.0237. The molecule has 1 aliphatic heterocycles. The number of halogens is 3. The number of piperidine rings is 1. The quantitative estimate of drug-likeness (QED) is 0.819. The number of rotatable bonds is 2. The van der Waals surface area contributed by atoms with E-state index in [0.29, 0.717) is 12.8 Å². The highest BCUT2D eigenvalue weighted by Gasteiger charge is 2.43. The number of hydrogen-bond donors (Lipinski definition) is 0. The molecule has 104 valence electrons. The molecule has 0 saturated carbocycles. The third-order valence-corrected chi connectivity index (χ3v) is 2.79. The first-order chi connectivity index (χ1) is 8.97. The van der Waals surface area contributed by atoms with E-state index in [0.717, 1.165) is 4.90 Å². The molecule has 1 aliphatic rings. The number of aromatic nitrogens is 2. The predicted octanol–water partition coefficient (Wildman–Crippen LogP) is 1.41. The third kappa shape index (κ3) is 3.55. The standard InChI is InChI=1S/C11H12F3N3O2/c12-11(13,14)9(18)17-6-2-8(3-7-17)19-10-15-4-1-5-16-10/h1,4-5,8H,2-3,6-7H2. The van der Waals surface area contributed by atoms with Crippen LogP contribution in [0.3, 0.4) is 0 Å². The Labute approximate surface area is 107 Å². The fourth-order valence-corrected chi connectivity index (χ4v) is 1.85. The van der Waals surface area contributed by atoms with Crippen LogP contribution in [0.1, 0.15) is 12.8 Å². The Morgan fingerprint density at radius 2 is 1.84 bits per heavy atom. The summed E-state index contributed by atoms with van der Waals surface area (Å²) >= 11 is 0. The molecule has 5 nitrogen and oxygen atoms in total. The van der Waals surface area contributed by atoms with E-state index >= 15 is 0 Å². The number of likely N-dealkylation sites (tertiary alicyclic amines) is 1. The zero-order valence-corrected chi connectivity index (χ0v) is 9.93. The Hall–Kier alpha value is -1.86. The summed E-state index contributed by atoms with van der Waals surface area (Å²) in [5.74, 6) is -1.79. The average molecular weight is 275 g/mol. The van der Waals surface area contributed by atoms with Crippen molar-refractivity contribution in [2.45, 2.75) is 25.1 Å². The zero-order valence-electron chi connectivity index (χ0n) is 9.93. The van der Waals surface area contributed by atoms with Crippen molar-refractivity contribution in [3.63, 3.8) is 0 Å². The average Bonchev–Trinajstić information content (AvgIpc) is 2.39. The lowest BCUT2D eigenvalue weighted by molar-refractivity contribution is -0.187. The summed E-state index contributed by atoms with van der Waals surface area (Å²) in [4.78, 5) is 19.6. The Morgan fingerprint density at radius 3 is 2.37 bits per heavy atom. The highest BCUT2D eigenvalue weighted by Crippen LogP contribution is 2.22. The first-order valence-corrected chi connectivity index (χ1v) is 5.76. The van der Waals surface area contributed by atoms with Crippen molar-refractivity contribution < 1.29 is 22.7 Å². The van der Waals surface area contributed by atoms with Gasteiger partial charge in [0.25, 0.3) is 0 Å². The van der Waals surface area contributed by atoms with Gasteiger partial charge in [-0.25, -0.2) is 9.97 Å². The van der Waals surface area contributed by atoms with Crippen molar-refractivity contribution in [3.05, 3.63) is 18.5 Å². The molecular formula is C11H12F3N3O2. The molecule has 0 unspecified atom stereocenters. The first-order valence-electron chi connectivity index (χ1n) is 5.76. The minimum Gasteiger partial charge on any atom is -0.460 e. The normalized spacial score (nSPS) is 17.3. The number of carbonyl (C=O) groups excluding carboxylic acids is 1. The molecule has 1 aromatic rings. The van der Waals surface area contributed by atoms with E-state index in [1.54, 1.807) is 6.07 Å². The number of amides is 1. The van der Waals surface area contributed by atoms with Gasteiger partial charge in [-0.2, -0.15) is 13.2 Å². The van der Waals surface area contributed by atoms with Crippen molar-refractivity contribution in [3.8, 4) is 6.01 Å². The lowest BCUT2D eigenvalue weighted by Gasteiger charge is -2.31. The largest absolute Gasteiger partial charge is 0.471 e. The molecule has 0 N–H and O–H groups in total. The van der Waals surface area contributed by atoms with Gasteiger partial charge in [-0.15, -0.1) is 0 Å². The van der Waals surface area contributed by atoms with E-state index < -0.39 is 12.1 Å². The molecule has 1 aromatic heterocycles. The molecule has 0 atom stereocenters. The summed E-state index contributed by atoms with van der Waals surface area (Å²) in [5, 5.41) is 0. The highest BCUT2D eigenvalue weighted by molar-refractivity contribution is 5.81. The first kappa shape index (κ1) is 13.6. The van der Waals surface area contributed by atoms with E-state index in [2.05, 4.69) is 9.97 Å². The fraction of sp³-hybridized carbons (Fsp3) is 0.545. The van der Waals surface area contributed by atoms with Gasteiger partial charge in [-0.3, -0.25) is 4.79 Å². The van der Waals surface area contributed by atoms with Gasteiger partial charge >= 0.3 is 18.1 Å². The van der Waals surface area contributed by atoms with Crippen LogP contribution in [0, 0.1) is 0 Å². The Balaban J connectivity index is 1.85. The van der Waals surface area contributed by atoms with Crippen molar-refractivity contribution >= 4 is 5.91 Å². The number of carbonyl (C=O) groups is 1. The second-order valence-corrected chi connectivity index (χ2v) is 4.14. The van der Waals surface area contributed by atoms with Crippen molar-refractivity contribution in [2.75, 3.05) is 13.1 Å². The second kappa shape index (κ2) is 5.41. The molecule has 8 heteroatoms. The topological polar surface area (TPSA) is 55.3 Å². The van der Waals surface area contributed by atoms with E-state index in [1.807, 2.05) is 0 Å². The molecule has 19 heavy (non-hydrogen) atoms. The predicted molar refractivity (Wildman–Crippen MR) is 58.3 cm³/mol. The van der Waals surface area contributed by atoms with Gasteiger partial charge in [-0.1, -0.05) is 0 Å². The van der Waals surface area contributed by atoms with Gasteiger partial charge in [0.05, 0.1) is 0 Å². The van der Waals surface area contributed by atoms with E-state index in [-0.39, 0.29) is 25.2 Å². The highest BCUT2D eigenvalue weighted by atomic mass is 19.4. The van der Waals surface area contributed by atoms with E-state index in [4.69, 9.17) is 4.74 Å². The van der Waals surface area contributed by atoms with Gasteiger partial charge in [0.2, 0.25) is 0 Å². The van der Waals surface area contributed by atoms with Crippen LogP contribution < -0.4 is 4.74 Å². The Kier molecular flexibility index (Phi) is 3.87. The van der Waals surface area contributed by atoms with Gasteiger partial charge in [0.1, 0.15) is 6.10 Å². The summed E-state index contributed by atoms with van der Waals surface area (Å²) in [5.41, 5.74) is 0. The van der Waals surface area contributed by atoms with Crippen LogP contribution in [-0.4, -0.2) is 46.1 Å². The Morgan fingerprint density at radius 1 is 1.26 bits per heavy atom. The molecule has 1 fully saturated rings. The van der Waals surface area contributed by atoms with Crippen LogP contribution in [-0.2, 0) is 4.79 Å². The zero-order chi connectivity index (χ0) is 13.9. The van der Waals surface area contributed by atoms with Gasteiger partial charge in [0, 0.05) is 38.3 Å². The monoisotopic (exact) mass is 275 g/mol. The summed E-state index contributed by atoms with van der Waals surface area (Å²) < 4.78 is 42.1. The lowest BCUT2D eigenvalue weighted by Crippen LogP contribution is -2.47. The molecule has 0 spiro atoms. The second-order valence-electron chi connectivity index (χ2n) is 4.14. The third-order valence-electron chi connectivity index (χ3n) is 2.79. The summed E-state index contributed by atoms with van der Waals surface area (Å²) in [7, 11) is 0. The van der Waals surface area contributed by atoms with Crippen LogP contribution >= 0.6 is 0 Å². The van der Waals surface area contributed by atoms with E-state index in [1.165, 1.54) is 12.4 Å². The van der Waals surface area contributed by atoms with Gasteiger partial charge in [0.15, 0.2) is 0 Å². The summed E-state index contributed by atoms with van der Waals surface area (Å²) in [6.07, 6.45) is -1.37. The van der Waals surface area contributed by atoms with Crippen molar-refractivity contribution in [1.29, 1.82) is 0 Å². The minimum atomic E-state index is -4.81. The molecule has 0 aromatic carbocycles. The van der Waals surface area contributed by atoms with Crippen LogP contribution in [0.25, 0.3) is 0 Å². The molecular weight excluding hydrogens is 263 g/mol. The number of hydrogen-bond acceptors (Lipinski definition) is 4. The smallest absolute Gasteiger partial charge is 0.460 e. The van der Waals surface area contributed by atoms with Gasteiger partial charge in [-0.05, 0) is 6.07 Å². The van der Waals surface area contributed by atoms with Crippen LogP contribution in [0.4, 0.5) is 13.2 Å². The summed E-state index contributed by atoms with van der Waals surface area (Å²) in [6.45, 7) is 0.0473. The molecule has 2 rings (SSSR count). The number of alkyl halides is 3. The SMILES string of the molecule is O=C(N1CCC(Oc2ncccn2)CC1)C(F)(F)F. The molecule has 1 amide bonds. The van der Waals surface area contributed by atoms with Crippen LogP contribution in [0.2, 0.25) is 0 Å². The van der Waals surface area contributed by atoms with Crippen LogP contribution in [0.5, 0.6) is 6.01 Å². The van der Waals surface area contributed by atoms with E-state index in [9.17, 15) is 18.0 Å². The van der Waals surface area contributed by atoms with Crippen molar-refractivity contribution in [2.24, 2.45) is 0 Å². The van der Waals surface area contributed by atoms with Gasteiger partial charge < -0.3 is 9.64 Å². The molecule has 1 saturated heterocycles. The van der Waals surface area contributed by atoms with Crippen molar-refractivity contribution in [1.82, 2.24) is 14.9 Å². The summed E-state index contributed by atoms with van der Waals surface area (Å²) in [6, 6.07) is 1.83.